The minimum atomic E-state index is 0.518. The van der Waals surface area contributed by atoms with E-state index in [0.717, 1.165) is 42.1 Å². The summed E-state index contributed by atoms with van der Waals surface area (Å²) < 4.78 is 0. The molecule has 0 unspecified atom stereocenters. The number of nitrogens with zero attached hydrogens (tertiary/aromatic N) is 4. The average molecular weight is 285 g/mol. The van der Waals surface area contributed by atoms with Gasteiger partial charge in [0.05, 0.1) is 0 Å². The van der Waals surface area contributed by atoms with Crippen molar-refractivity contribution < 1.29 is 0 Å². The predicted molar refractivity (Wildman–Crippen MR) is 80.9 cm³/mol. The Hall–Kier alpha value is -1.62. The van der Waals surface area contributed by atoms with E-state index in [0.29, 0.717) is 16.4 Å². The van der Waals surface area contributed by atoms with E-state index in [1.54, 1.807) is 6.20 Å². The fraction of sp³-hybridized carbons (Fsp3) is 0.357. The Morgan fingerprint density at radius 3 is 2.90 bits per heavy atom. The third kappa shape index (κ3) is 2.38. The molecule has 0 aliphatic carbocycles. The molecule has 6 heteroatoms. The van der Waals surface area contributed by atoms with Crippen molar-refractivity contribution in [3.05, 3.63) is 40.1 Å². The van der Waals surface area contributed by atoms with Gasteiger partial charge in [0.1, 0.15) is 24.6 Å². The Kier molecular flexibility index (Phi) is 3.38. The number of anilines is 1. The number of aryl methyl sites for hydroxylation is 1. The Morgan fingerprint density at radius 2 is 2.10 bits per heavy atom. The lowest BCUT2D eigenvalue weighted by Crippen LogP contribution is -2.33. The highest BCUT2D eigenvalue weighted by molar-refractivity contribution is 6.32. The van der Waals surface area contributed by atoms with Crippen molar-refractivity contribution in [3.63, 3.8) is 0 Å². The summed E-state index contributed by atoms with van der Waals surface area (Å²) in [5.74, 6) is 1.59. The summed E-state index contributed by atoms with van der Waals surface area (Å²) in [5.41, 5.74) is 3.88. The van der Waals surface area contributed by atoms with Gasteiger partial charge in [-0.2, -0.15) is 0 Å². The van der Waals surface area contributed by atoms with Crippen LogP contribution < -0.4 is 10.4 Å². The van der Waals surface area contributed by atoms with Gasteiger partial charge in [0.25, 0.3) is 0 Å². The zero-order chi connectivity index (χ0) is 14.3. The lowest BCUT2D eigenvalue weighted by atomic mass is 9.94. The van der Waals surface area contributed by atoms with Crippen LogP contribution in [0.15, 0.2) is 12.3 Å². The van der Waals surface area contributed by atoms with Gasteiger partial charge < -0.3 is 4.90 Å². The van der Waals surface area contributed by atoms with Crippen LogP contribution in [0.5, 0.6) is 0 Å². The van der Waals surface area contributed by atoms with Crippen LogP contribution in [0.25, 0.3) is 0 Å². The second kappa shape index (κ2) is 5.06. The lowest BCUT2D eigenvalue weighted by molar-refractivity contribution is 0.698. The molecule has 0 amide bonds. The maximum absolute atomic E-state index is 6.15. The number of rotatable bonds is 1. The summed E-state index contributed by atoms with van der Waals surface area (Å²) >= 11 is 6.15. The van der Waals surface area contributed by atoms with Crippen LogP contribution in [0.4, 0.5) is 5.82 Å². The van der Waals surface area contributed by atoms with Gasteiger partial charge in [-0.15, -0.1) is 0 Å². The van der Waals surface area contributed by atoms with E-state index in [1.165, 1.54) is 0 Å². The zero-order valence-corrected chi connectivity index (χ0v) is 12.3. The Morgan fingerprint density at radius 1 is 1.30 bits per heavy atom. The van der Waals surface area contributed by atoms with Crippen LogP contribution in [-0.2, 0) is 13.0 Å². The highest BCUT2D eigenvalue weighted by atomic mass is 35.5. The number of hydrogen-bond donors (Lipinski definition) is 0. The van der Waals surface area contributed by atoms with Crippen molar-refractivity contribution in [1.82, 2.24) is 15.0 Å². The molecule has 0 atom stereocenters. The molecule has 3 rings (SSSR count). The number of aromatic nitrogens is 3. The third-order valence-electron chi connectivity index (χ3n) is 3.53. The first-order valence-corrected chi connectivity index (χ1v) is 6.91. The highest BCUT2D eigenvalue weighted by Crippen LogP contribution is 2.27. The molecule has 2 radical (unpaired) electrons. The van der Waals surface area contributed by atoms with Gasteiger partial charge in [-0.25, -0.2) is 9.97 Å². The number of pyridine rings is 1. The molecule has 0 saturated carbocycles. The predicted octanol–water partition coefficient (Wildman–Crippen LogP) is 1.50. The summed E-state index contributed by atoms with van der Waals surface area (Å²) in [6.45, 7) is 5.43. The van der Waals surface area contributed by atoms with Gasteiger partial charge in [0, 0.05) is 37.0 Å². The smallest absolute Gasteiger partial charge is 0.137 e. The molecule has 0 fully saturated rings. The molecule has 4 nitrogen and oxygen atoms in total. The topological polar surface area (TPSA) is 41.9 Å². The van der Waals surface area contributed by atoms with Crippen LogP contribution in [0.2, 0.25) is 5.15 Å². The highest BCUT2D eigenvalue weighted by Gasteiger charge is 2.21. The molecule has 1 aliphatic rings. The van der Waals surface area contributed by atoms with Gasteiger partial charge >= 0.3 is 0 Å². The monoisotopic (exact) mass is 284 g/mol. The van der Waals surface area contributed by atoms with Gasteiger partial charge in [-0.1, -0.05) is 23.1 Å². The molecule has 2 aromatic rings. The fourth-order valence-electron chi connectivity index (χ4n) is 2.51. The second-order valence-electron chi connectivity index (χ2n) is 5.06. The Bertz CT molecular complexity index is 674. The van der Waals surface area contributed by atoms with E-state index in [-0.39, 0.29) is 0 Å². The average Bonchev–Trinajstić information content (AvgIpc) is 2.42. The van der Waals surface area contributed by atoms with Crippen molar-refractivity contribution >= 4 is 30.7 Å². The normalized spacial score (nSPS) is 14.2. The van der Waals surface area contributed by atoms with E-state index in [4.69, 9.17) is 19.4 Å². The first-order valence-electron chi connectivity index (χ1n) is 6.53. The molecule has 0 spiro atoms. The quantitative estimate of drug-likeness (QED) is 0.588. The van der Waals surface area contributed by atoms with Crippen LogP contribution in [0.3, 0.4) is 0 Å². The fourth-order valence-corrected chi connectivity index (χ4v) is 2.72. The molecule has 2 aromatic heterocycles. The van der Waals surface area contributed by atoms with Crippen LogP contribution in [0.1, 0.15) is 22.6 Å². The van der Waals surface area contributed by atoms with Crippen molar-refractivity contribution in [1.29, 1.82) is 0 Å². The third-order valence-corrected chi connectivity index (χ3v) is 3.90. The largest absolute Gasteiger partial charge is 0.351 e. The van der Waals surface area contributed by atoms with Gasteiger partial charge in [0.15, 0.2) is 0 Å². The number of hydrogen-bond acceptors (Lipinski definition) is 4. The first-order chi connectivity index (χ1) is 9.54. The minimum absolute atomic E-state index is 0.518. The zero-order valence-electron chi connectivity index (χ0n) is 11.5. The molecular weight excluding hydrogens is 270 g/mol. The molecule has 3 heterocycles. The van der Waals surface area contributed by atoms with E-state index in [2.05, 4.69) is 19.9 Å². The van der Waals surface area contributed by atoms with Crippen LogP contribution in [-0.4, -0.2) is 29.3 Å². The van der Waals surface area contributed by atoms with Crippen molar-refractivity contribution in [2.75, 3.05) is 11.4 Å². The number of fused-ring (bicyclic) bond motifs is 1. The maximum Gasteiger partial charge on any atom is 0.137 e. The van der Waals surface area contributed by atoms with E-state index >= 15 is 0 Å². The Balaban J connectivity index is 1.98. The maximum atomic E-state index is 6.15. The summed E-state index contributed by atoms with van der Waals surface area (Å²) in [6, 6.07) is 1.99. The van der Waals surface area contributed by atoms with Gasteiger partial charge in [-0.3, -0.25) is 4.98 Å². The summed E-state index contributed by atoms with van der Waals surface area (Å²) in [5, 5.41) is 0.518. The van der Waals surface area contributed by atoms with E-state index < -0.39 is 0 Å². The van der Waals surface area contributed by atoms with Crippen molar-refractivity contribution in [2.24, 2.45) is 0 Å². The first kappa shape index (κ1) is 13.4. The van der Waals surface area contributed by atoms with E-state index in [9.17, 15) is 0 Å². The molecule has 1 aliphatic heterocycles. The summed E-state index contributed by atoms with van der Waals surface area (Å²) in [4.78, 5) is 15.3. The standard InChI is InChI=1S/C14H14BClN4/c1-8-13(16)18-9(2)19-14(8)20-4-3-12-10(7-20)5-11(15)6-17-12/h5-6H,3-4,7H2,1-2H3. The second-order valence-corrected chi connectivity index (χ2v) is 5.41. The molecule has 20 heavy (non-hydrogen) atoms. The molecule has 0 aromatic carbocycles. The SMILES string of the molecule is [B]c1cnc2c(c1)CN(c1nc(C)nc(Cl)c1C)CC2. The van der Waals surface area contributed by atoms with Gasteiger partial charge in [-0.05, 0) is 19.4 Å². The van der Waals surface area contributed by atoms with Crippen molar-refractivity contribution in [3.8, 4) is 0 Å². The molecular formula is C14H14BClN4. The van der Waals surface area contributed by atoms with Gasteiger partial charge in [0.2, 0.25) is 0 Å². The molecule has 0 N–H and O–H groups in total. The molecule has 0 saturated heterocycles. The van der Waals surface area contributed by atoms with Crippen LogP contribution in [0, 0.1) is 13.8 Å². The Labute approximate surface area is 124 Å². The van der Waals surface area contributed by atoms with Crippen molar-refractivity contribution in [2.45, 2.75) is 26.8 Å². The summed E-state index contributed by atoms with van der Waals surface area (Å²) in [6.07, 6.45) is 2.60. The molecule has 0 bridgehead atoms. The van der Waals surface area contributed by atoms with Crippen LogP contribution >= 0.6 is 11.6 Å². The number of halogens is 1. The van der Waals surface area contributed by atoms with E-state index in [1.807, 2.05) is 19.9 Å². The minimum Gasteiger partial charge on any atom is -0.351 e. The summed E-state index contributed by atoms with van der Waals surface area (Å²) in [7, 11) is 5.82. The lowest BCUT2D eigenvalue weighted by Gasteiger charge is -2.30. The molecule has 100 valence electrons.